The van der Waals surface area contributed by atoms with Crippen LogP contribution in [0.5, 0.6) is 5.75 Å². The van der Waals surface area contributed by atoms with Crippen LogP contribution < -0.4 is 4.74 Å². The molecule has 0 aliphatic carbocycles. The van der Waals surface area contributed by atoms with Crippen LogP contribution in [0.3, 0.4) is 0 Å². The highest BCUT2D eigenvalue weighted by molar-refractivity contribution is 6.30. The van der Waals surface area contributed by atoms with E-state index in [0.717, 1.165) is 44.7 Å². The smallest absolute Gasteiger partial charge is 0.260 e. The van der Waals surface area contributed by atoms with Crippen LogP contribution in [-0.2, 0) is 9.53 Å². The lowest BCUT2D eigenvalue weighted by atomic mass is 9.87. The Morgan fingerprint density at radius 3 is 3.05 bits per heavy atom. The normalized spacial score (nSPS) is 24.8. The lowest BCUT2D eigenvalue weighted by Gasteiger charge is -2.22. The van der Waals surface area contributed by atoms with Crippen LogP contribution in [0.15, 0.2) is 18.2 Å². The van der Waals surface area contributed by atoms with Crippen molar-refractivity contribution in [2.24, 2.45) is 5.41 Å². The minimum Gasteiger partial charge on any atom is -0.483 e. The van der Waals surface area contributed by atoms with Gasteiger partial charge in [0, 0.05) is 30.1 Å². The van der Waals surface area contributed by atoms with Gasteiger partial charge in [-0.2, -0.15) is 0 Å². The second-order valence-corrected chi connectivity index (χ2v) is 6.50. The number of nitrogens with zero attached hydrogens (tertiary/aromatic N) is 1. The maximum Gasteiger partial charge on any atom is 0.260 e. The van der Waals surface area contributed by atoms with E-state index in [-0.39, 0.29) is 17.9 Å². The first kappa shape index (κ1) is 14.7. The summed E-state index contributed by atoms with van der Waals surface area (Å²) in [4.78, 5) is 14.2. The van der Waals surface area contributed by atoms with Gasteiger partial charge in [-0.25, -0.2) is 0 Å². The highest BCUT2D eigenvalue weighted by Gasteiger charge is 2.42. The Morgan fingerprint density at radius 2 is 2.33 bits per heavy atom. The van der Waals surface area contributed by atoms with Crippen molar-refractivity contribution in [3.05, 3.63) is 28.8 Å². The molecule has 1 spiro atoms. The van der Waals surface area contributed by atoms with Crippen molar-refractivity contribution in [2.75, 3.05) is 32.9 Å². The van der Waals surface area contributed by atoms with Gasteiger partial charge in [0.1, 0.15) is 5.75 Å². The molecule has 0 N–H and O–H groups in total. The Bertz CT molecular complexity index is 540. The lowest BCUT2D eigenvalue weighted by molar-refractivity contribution is -0.132. The molecular weight excluding hydrogens is 290 g/mol. The molecule has 1 unspecified atom stereocenters. The minimum absolute atomic E-state index is 0.0492. The van der Waals surface area contributed by atoms with E-state index in [9.17, 15) is 4.79 Å². The molecule has 3 rings (SSSR count). The summed E-state index contributed by atoms with van der Waals surface area (Å²) in [5.41, 5.74) is 1.14. The fourth-order valence-corrected chi connectivity index (χ4v) is 3.35. The molecule has 1 atom stereocenters. The molecule has 2 aliphatic rings. The standard InChI is InChI=1S/C16H20ClNO3/c1-12-8-13(17)2-3-14(12)21-9-15(19)18-6-4-16(10-18)5-7-20-11-16/h2-3,8H,4-7,9-11H2,1H3. The first-order valence-corrected chi connectivity index (χ1v) is 7.70. The van der Waals surface area contributed by atoms with Crippen LogP contribution in [0.25, 0.3) is 0 Å². The summed E-state index contributed by atoms with van der Waals surface area (Å²) >= 11 is 5.91. The van der Waals surface area contributed by atoms with Gasteiger partial charge < -0.3 is 14.4 Å². The van der Waals surface area contributed by atoms with E-state index in [2.05, 4.69) is 0 Å². The number of amides is 1. The second-order valence-electron chi connectivity index (χ2n) is 6.07. The Morgan fingerprint density at radius 1 is 1.48 bits per heavy atom. The zero-order chi connectivity index (χ0) is 14.9. The highest BCUT2D eigenvalue weighted by Crippen LogP contribution is 2.38. The number of carbonyl (C=O) groups excluding carboxylic acids is 1. The average molecular weight is 310 g/mol. The number of aryl methyl sites for hydroxylation is 1. The van der Waals surface area contributed by atoms with Gasteiger partial charge in [-0.05, 0) is 43.5 Å². The first-order chi connectivity index (χ1) is 10.1. The van der Waals surface area contributed by atoms with Crippen molar-refractivity contribution in [3.8, 4) is 5.75 Å². The Labute approximate surface area is 130 Å². The SMILES string of the molecule is Cc1cc(Cl)ccc1OCC(=O)N1CCC2(CCOC2)C1. The minimum atomic E-state index is 0.0492. The van der Waals surface area contributed by atoms with E-state index >= 15 is 0 Å². The lowest BCUT2D eigenvalue weighted by Crippen LogP contribution is -2.35. The maximum atomic E-state index is 12.3. The van der Waals surface area contributed by atoms with E-state index < -0.39 is 0 Å². The van der Waals surface area contributed by atoms with Crippen LogP contribution in [0.4, 0.5) is 0 Å². The number of benzene rings is 1. The van der Waals surface area contributed by atoms with E-state index in [1.165, 1.54) is 0 Å². The van der Waals surface area contributed by atoms with Gasteiger partial charge in [-0.15, -0.1) is 0 Å². The van der Waals surface area contributed by atoms with Crippen molar-refractivity contribution in [1.82, 2.24) is 4.90 Å². The molecular formula is C16H20ClNO3. The summed E-state index contributed by atoms with van der Waals surface area (Å²) in [5.74, 6) is 0.763. The summed E-state index contributed by atoms with van der Waals surface area (Å²) in [7, 11) is 0. The van der Waals surface area contributed by atoms with Crippen LogP contribution >= 0.6 is 11.6 Å². The molecule has 0 saturated carbocycles. The number of ether oxygens (including phenoxy) is 2. The predicted molar refractivity (Wildman–Crippen MR) is 80.8 cm³/mol. The Balaban J connectivity index is 1.55. The van der Waals surface area contributed by atoms with Gasteiger partial charge in [-0.1, -0.05) is 11.6 Å². The topological polar surface area (TPSA) is 38.8 Å². The van der Waals surface area contributed by atoms with E-state index in [1.807, 2.05) is 17.9 Å². The molecule has 1 amide bonds. The molecule has 2 fully saturated rings. The third-order valence-corrected chi connectivity index (χ3v) is 4.70. The Hall–Kier alpha value is -1.26. The van der Waals surface area contributed by atoms with Crippen molar-refractivity contribution in [2.45, 2.75) is 19.8 Å². The number of hydrogen-bond donors (Lipinski definition) is 0. The van der Waals surface area contributed by atoms with E-state index in [4.69, 9.17) is 21.1 Å². The number of rotatable bonds is 3. The highest BCUT2D eigenvalue weighted by atomic mass is 35.5. The molecule has 114 valence electrons. The molecule has 2 heterocycles. The number of hydrogen-bond acceptors (Lipinski definition) is 3. The molecule has 0 radical (unpaired) electrons. The first-order valence-electron chi connectivity index (χ1n) is 7.33. The van der Waals surface area contributed by atoms with Crippen molar-refractivity contribution in [3.63, 3.8) is 0 Å². The molecule has 1 aromatic carbocycles. The largest absolute Gasteiger partial charge is 0.483 e. The number of halogens is 1. The quantitative estimate of drug-likeness (QED) is 0.861. The van der Waals surface area contributed by atoms with Gasteiger partial charge >= 0.3 is 0 Å². The van der Waals surface area contributed by atoms with Crippen molar-refractivity contribution in [1.29, 1.82) is 0 Å². The van der Waals surface area contributed by atoms with Gasteiger partial charge in [0.15, 0.2) is 6.61 Å². The summed E-state index contributed by atoms with van der Waals surface area (Å²) in [5, 5.41) is 0.675. The molecule has 0 bridgehead atoms. The molecule has 1 aromatic rings. The van der Waals surface area contributed by atoms with Crippen LogP contribution in [0.1, 0.15) is 18.4 Å². The molecule has 5 heteroatoms. The van der Waals surface area contributed by atoms with Crippen molar-refractivity contribution >= 4 is 17.5 Å². The van der Waals surface area contributed by atoms with Gasteiger partial charge in [-0.3, -0.25) is 4.79 Å². The summed E-state index contributed by atoms with van der Waals surface area (Å²) in [6.07, 6.45) is 2.10. The van der Waals surface area contributed by atoms with E-state index in [1.54, 1.807) is 12.1 Å². The summed E-state index contributed by atoms with van der Waals surface area (Å²) < 4.78 is 11.1. The third-order valence-electron chi connectivity index (χ3n) is 4.46. The summed E-state index contributed by atoms with van der Waals surface area (Å²) in [6.45, 7) is 5.22. The molecule has 0 aromatic heterocycles. The molecule has 2 aliphatic heterocycles. The predicted octanol–water partition coefficient (Wildman–Crippen LogP) is 2.67. The fourth-order valence-electron chi connectivity index (χ4n) is 3.12. The van der Waals surface area contributed by atoms with Crippen LogP contribution in [0, 0.1) is 12.3 Å². The maximum absolute atomic E-state index is 12.3. The molecule has 4 nitrogen and oxygen atoms in total. The van der Waals surface area contributed by atoms with Crippen molar-refractivity contribution < 1.29 is 14.3 Å². The fraction of sp³-hybridized carbons (Fsp3) is 0.562. The molecule has 21 heavy (non-hydrogen) atoms. The van der Waals surface area contributed by atoms with Gasteiger partial charge in [0.2, 0.25) is 0 Å². The number of likely N-dealkylation sites (tertiary alicyclic amines) is 1. The van der Waals surface area contributed by atoms with Crippen LogP contribution in [0.2, 0.25) is 5.02 Å². The zero-order valence-electron chi connectivity index (χ0n) is 12.2. The number of carbonyl (C=O) groups is 1. The monoisotopic (exact) mass is 309 g/mol. The zero-order valence-corrected chi connectivity index (χ0v) is 13.0. The Kier molecular flexibility index (Phi) is 4.09. The average Bonchev–Trinajstić information content (AvgIpc) is 3.08. The third kappa shape index (κ3) is 3.16. The summed E-state index contributed by atoms with van der Waals surface area (Å²) in [6, 6.07) is 5.42. The molecule has 2 saturated heterocycles. The second kappa shape index (κ2) is 5.85. The van der Waals surface area contributed by atoms with Gasteiger partial charge in [0.25, 0.3) is 5.91 Å². The van der Waals surface area contributed by atoms with E-state index in [0.29, 0.717) is 10.8 Å². The van der Waals surface area contributed by atoms with Gasteiger partial charge in [0.05, 0.1) is 6.61 Å². The van der Waals surface area contributed by atoms with Crippen LogP contribution in [-0.4, -0.2) is 43.7 Å².